The molecular formula is C23H29ClN4O2. The first-order chi connectivity index (χ1) is 14.4. The average Bonchev–Trinajstić information content (AvgIpc) is 3.22. The first-order valence-electron chi connectivity index (χ1n) is 9.89. The van der Waals surface area contributed by atoms with Gasteiger partial charge in [0.2, 0.25) is 0 Å². The summed E-state index contributed by atoms with van der Waals surface area (Å²) in [7, 11) is 0. The van der Waals surface area contributed by atoms with Crippen molar-refractivity contribution >= 4 is 23.3 Å². The number of aliphatic hydroxyl groups excluding tert-OH is 1. The van der Waals surface area contributed by atoms with Gasteiger partial charge in [-0.25, -0.2) is 4.98 Å². The summed E-state index contributed by atoms with van der Waals surface area (Å²) in [6, 6.07) is 13.2. The van der Waals surface area contributed by atoms with E-state index in [-0.39, 0.29) is 19.1 Å². The monoisotopic (exact) mass is 428 g/mol. The lowest BCUT2D eigenvalue weighted by Gasteiger charge is -2.10. The summed E-state index contributed by atoms with van der Waals surface area (Å²) in [5.74, 6) is 1.14. The number of hydrogen-bond acceptors (Lipinski definition) is 4. The molecule has 0 atom stereocenters. The van der Waals surface area contributed by atoms with Gasteiger partial charge in [-0.3, -0.25) is 4.79 Å². The van der Waals surface area contributed by atoms with Crippen molar-refractivity contribution in [2.24, 2.45) is 5.92 Å². The molecule has 0 saturated heterocycles. The van der Waals surface area contributed by atoms with Gasteiger partial charge in [-0.15, -0.1) is 0 Å². The quantitative estimate of drug-likeness (QED) is 0.445. The number of nitrogens with one attached hydrogen (secondary N) is 3. The molecule has 0 aliphatic carbocycles. The van der Waals surface area contributed by atoms with Crippen LogP contribution in [-0.4, -0.2) is 40.7 Å². The maximum Gasteiger partial charge on any atom is 0.267 e. The number of carbonyl (C=O) groups is 1. The minimum Gasteiger partial charge on any atom is -0.395 e. The number of pyridine rings is 1. The molecule has 1 aromatic carbocycles. The molecule has 6 nitrogen and oxygen atoms in total. The third-order valence-corrected chi connectivity index (χ3v) is 4.42. The molecule has 0 bridgehead atoms. The van der Waals surface area contributed by atoms with Crippen molar-refractivity contribution < 1.29 is 9.90 Å². The van der Waals surface area contributed by atoms with Crippen LogP contribution in [-0.2, 0) is 0 Å². The number of rotatable bonds is 7. The highest BCUT2D eigenvalue weighted by atomic mass is 35.5. The van der Waals surface area contributed by atoms with Crippen LogP contribution in [0.2, 0.25) is 5.02 Å². The molecule has 0 radical (unpaired) electrons. The number of benzene rings is 1. The minimum absolute atomic E-state index is 0.0757. The molecule has 3 rings (SSSR count). The molecule has 0 spiro atoms. The van der Waals surface area contributed by atoms with Crippen LogP contribution in [0.5, 0.6) is 0 Å². The fourth-order valence-corrected chi connectivity index (χ4v) is 2.75. The largest absolute Gasteiger partial charge is 0.395 e. The van der Waals surface area contributed by atoms with Gasteiger partial charge in [0, 0.05) is 36.1 Å². The Morgan fingerprint density at radius 2 is 1.97 bits per heavy atom. The van der Waals surface area contributed by atoms with Crippen LogP contribution >= 0.6 is 11.6 Å². The highest BCUT2D eigenvalue weighted by Gasteiger charge is 2.11. The Labute approximate surface area is 182 Å². The van der Waals surface area contributed by atoms with Gasteiger partial charge >= 0.3 is 0 Å². The third kappa shape index (κ3) is 7.54. The molecule has 0 saturated carbocycles. The maximum atomic E-state index is 11.9. The topological polar surface area (TPSA) is 90.0 Å². The van der Waals surface area contributed by atoms with Crippen LogP contribution in [0.25, 0.3) is 11.1 Å². The molecule has 0 aliphatic heterocycles. The van der Waals surface area contributed by atoms with E-state index in [2.05, 4.69) is 34.4 Å². The Hall–Kier alpha value is -2.83. The van der Waals surface area contributed by atoms with Gasteiger partial charge in [-0.1, -0.05) is 43.6 Å². The van der Waals surface area contributed by atoms with Crippen molar-refractivity contribution in [2.75, 3.05) is 25.0 Å². The van der Waals surface area contributed by atoms with E-state index < -0.39 is 0 Å². The smallest absolute Gasteiger partial charge is 0.267 e. The first-order valence-corrected chi connectivity index (χ1v) is 10.3. The average molecular weight is 429 g/mol. The van der Waals surface area contributed by atoms with Gasteiger partial charge in [-0.2, -0.15) is 0 Å². The number of anilines is 1. The van der Waals surface area contributed by atoms with E-state index in [4.69, 9.17) is 16.7 Å². The van der Waals surface area contributed by atoms with Gasteiger partial charge in [-0.05, 0) is 48.2 Å². The highest BCUT2D eigenvalue weighted by molar-refractivity contribution is 6.30. The van der Waals surface area contributed by atoms with E-state index in [0.717, 1.165) is 34.1 Å². The van der Waals surface area contributed by atoms with Crippen LogP contribution in [0.4, 0.5) is 5.82 Å². The van der Waals surface area contributed by atoms with E-state index in [1.807, 2.05) is 55.7 Å². The van der Waals surface area contributed by atoms with Gasteiger partial charge < -0.3 is 20.7 Å². The zero-order valence-corrected chi connectivity index (χ0v) is 18.3. The summed E-state index contributed by atoms with van der Waals surface area (Å²) < 4.78 is 0. The Balaban J connectivity index is 0.000000386. The molecule has 0 aliphatic rings. The van der Waals surface area contributed by atoms with Gasteiger partial charge in [0.15, 0.2) is 0 Å². The number of amides is 1. The predicted molar refractivity (Wildman–Crippen MR) is 123 cm³/mol. The van der Waals surface area contributed by atoms with Crippen LogP contribution < -0.4 is 10.6 Å². The van der Waals surface area contributed by atoms with Gasteiger partial charge in [0.05, 0.1) is 6.61 Å². The third-order valence-electron chi connectivity index (χ3n) is 4.16. The molecule has 160 valence electrons. The number of nitrogens with zero attached hydrogens (tertiary/aromatic N) is 1. The van der Waals surface area contributed by atoms with Gasteiger partial charge in [0.1, 0.15) is 11.5 Å². The number of halogens is 1. The Kier molecular flexibility index (Phi) is 9.38. The summed E-state index contributed by atoms with van der Waals surface area (Å²) in [6.45, 7) is 7.31. The molecule has 30 heavy (non-hydrogen) atoms. The SMILES string of the molecule is Cc1cnc(NCC(C)C)cc1-c1c[nH]c(C(=O)NCCO)c1.Clc1ccccc1. The number of carbonyl (C=O) groups excluding carboxylic acids is 1. The second-order valence-corrected chi connectivity index (χ2v) is 7.67. The van der Waals surface area contributed by atoms with Crippen molar-refractivity contribution in [3.63, 3.8) is 0 Å². The lowest BCUT2D eigenvalue weighted by molar-refractivity contribution is 0.0940. The van der Waals surface area contributed by atoms with E-state index >= 15 is 0 Å². The molecule has 0 unspecified atom stereocenters. The summed E-state index contributed by atoms with van der Waals surface area (Å²) in [6.07, 6.45) is 3.64. The van der Waals surface area contributed by atoms with Crippen LogP contribution in [0, 0.1) is 12.8 Å². The van der Waals surface area contributed by atoms with Crippen molar-refractivity contribution in [1.29, 1.82) is 0 Å². The summed E-state index contributed by atoms with van der Waals surface area (Å²) >= 11 is 5.54. The van der Waals surface area contributed by atoms with Crippen molar-refractivity contribution in [3.05, 3.63) is 71.1 Å². The Morgan fingerprint density at radius 3 is 2.57 bits per heavy atom. The number of aromatic nitrogens is 2. The number of aliphatic hydroxyl groups is 1. The molecule has 4 N–H and O–H groups in total. The maximum absolute atomic E-state index is 11.9. The van der Waals surface area contributed by atoms with E-state index in [1.54, 1.807) is 6.07 Å². The predicted octanol–water partition coefficient (Wildman–Crippen LogP) is 4.52. The second kappa shape index (κ2) is 12.0. The number of hydrogen-bond donors (Lipinski definition) is 4. The summed E-state index contributed by atoms with van der Waals surface area (Å²) in [4.78, 5) is 19.3. The second-order valence-electron chi connectivity index (χ2n) is 7.24. The first kappa shape index (κ1) is 23.4. The number of aryl methyl sites for hydroxylation is 1. The molecule has 0 fully saturated rings. The molecule has 1 amide bonds. The lowest BCUT2D eigenvalue weighted by atomic mass is 10.1. The van der Waals surface area contributed by atoms with E-state index in [0.29, 0.717) is 11.6 Å². The van der Waals surface area contributed by atoms with Crippen molar-refractivity contribution in [3.8, 4) is 11.1 Å². The van der Waals surface area contributed by atoms with Crippen LogP contribution in [0.3, 0.4) is 0 Å². The van der Waals surface area contributed by atoms with Gasteiger partial charge in [0.25, 0.3) is 5.91 Å². The van der Waals surface area contributed by atoms with Crippen LogP contribution in [0.1, 0.15) is 29.9 Å². The van der Waals surface area contributed by atoms with E-state index in [9.17, 15) is 4.79 Å². The number of aromatic amines is 1. The van der Waals surface area contributed by atoms with Crippen molar-refractivity contribution in [2.45, 2.75) is 20.8 Å². The summed E-state index contributed by atoms with van der Waals surface area (Å²) in [5, 5.41) is 15.5. The molecular weight excluding hydrogens is 400 g/mol. The highest BCUT2D eigenvalue weighted by Crippen LogP contribution is 2.26. The zero-order chi connectivity index (χ0) is 21.9. The normalized spacial score (nSPS) is 10.3. The molecule has 2 heterocycles. The molecule has 3 aromatic rings. The standard InChI is InChI=1S/C17H24N4O2.C6H5Cl/c1-11(2)8-20-16-7-14(12(3)9-21-16)13-6-15(19-10-13)17(23)18-4-5-22;7-6-4-2-1-3-5-6/h6-7,9-11,19,22H,4-5,8H2,1-3H3,(H,18,23)(H,20,21);1-5H. The number of H-pyrrole nitrogens is 1. The Morgan fingerprint density at radius 1 is 1.23 bits per heavy atom. The molecule has 7 heteroatoms. The Bertz CT molecular complexity index is 926. The zero-order valence-electron chi connectivity index (χ0n) is 17.6. The lowest BCUT2D eigenvalue weighted by Crippen LogP contribution is -2.26. The summed E-state index contributed by atoms with van der Waals surface area (Å²) in [5.41, 5.74) is 3.48. The fraction of sp³-hybridized carbons (Fsp3) is 0.304. The van der Waals surface area contributed by atoms with E-state index in [1.165, 1.54) is 0 Å². The minimum atomic E-state index is -0.227. The van der Waals surface area contributed by atoms with Crippen molar-refractivity contribution in [1.82, 2.24) is 15.3 Å². The molecule has 2 aromatic heterocycles. The van der Waals surface area contributed by atoms with Crippen LogP contribution in [0.15, 0.2) is 54.9 Å². The fourth-order valence-electron chi connectivity index (χ4n) is 2.60.